The number of hydrogen-bond donors (Lipinski definition) is 6. The number of rotatable bonds is 22. The number of H-pyrrole nitrogens is 4. The summed E-state index contributed by atoms with van der Waals surface area (Å²) in [6.07, 6.45) is 17.5. The lowest BCUT2D eigenvalue weighted by Gasteiger charge is -2.38. The van der Waals surface area contributed by atoms with Crippen LogP contribution in [0.25, 0.3) is 36.5 Å². The van der Waals surface area contributed by atoms with E-state index in [4.69, 9.17) is 18.9 Å². The van der Waals surface area contributed by atoms with Crippen LogP contribution in [0.15, 0.2) is 91.3 Å². The molecule has 0 bridgehead atoms. The van der Waals surface area contributed by atoms with Crippen LogP contribution < -0.4 is 32.0 Å². The highest BCUT2D eigenvalue weighted by molar-refractivity contribution is 6.32. The normalized spacial score (nSPS) is 19.3. The minimum absolute atomic E-state index is 0.0853. The Hall–Kier alpha value is -9.98. The second kappa shape index (κ2) is 26.8. The Balaban J connectivity index is 1.06. The lowest BCUT2D eigenvalue weighted by Crippen LogP contribution is -2.33. The van der Waals surface area contributed by atoms with Crippen molar-refractivity contribution in [3.05, 3.63) is 170 Å². The van der Waals surface area contributed by atoms with Crippen LogP contribution >= 0.6 is 0 Å². The van der Waals surface area contributed by atoms with Crippen LogP contribution in [0.5, 0.6) is 0 Å². The number of aromatic nitrogens is 4. The third kappa shape index (κ3) is 12.7. The maximum absolute atomic E-state index is 14.2. The van der Waals surface area contributed by atoms with Crippen LogP contribution in [0, 0.1) is 39.5 Å². The molecule has 1 aliphatic carbocycles. The summed E-state index contributed by atoms with van der Waals surface area (Å²) >= 11 is 0. The second-order valence-corrected chi connectivity index (χ2v) is 23.1. The number of ether oxygens (including phenoxy) is 4. The number of nitrogens with zero attached hydrogens (tertiary/aromatic N) is 2. The maximum atomic E-state index is 14.2. The van der Waals surface area contributed by atoms with Gasteiger partial charge in [0.25, 0.3) is 23.6 Å². The first-order chi connectivity index (χ1) is 42.9. The molecule has 90 heavy (non-hydrogen) atoms. The minimum atomic E-state index is -0.392. The van der Waals surface area contributed by atoms with Gasteiger partial charge in [-0.3, -0.25) is 38.4 Å². The molecule has 9 rings (SSSR count). The van der Waals surface area contributed by atoms with Gasteiger partial charge in [-0.2, -0.15) is 0 Å². The molecule has 4 aliphatic heterocycles. The van der Waals surface area contributed by atoms with E-state index in [0.29, 0.717) is 150 Å². The summed E-state index contributed by atoms with van der Waals surface area (Å²) < 4.78 is 20.1. The Kier molecular flexibility index (Phi) is 19.2. The van der Waals surface area contributed by atoms with E-state index < -0.39 is 11.9 Å². The number of esters is 4. The van der Waals surface area contributed by atoms with Gasteiger partial charge in [0.2, 0.25) is 0 Å². The van der Waals surface area contributed by atoms with E-state index in [1.807, 2.05) is 78.0 Å². The van der Waals surface area contributed by atoms with E-state index in [9.17, 15) is 38.4 Å². The zero-order valence-corrected chi connectivity index (χ0v) is 53.1. The van der Waals surface area contributed by atoms with Gasteiger partial charge in [-0.25, -0.2) is 9.98 Å². The molecule has 0 spiro atoms. The number of carbonyl (C=O) groups is 8. The number of aliphatic imine (C=N–C) groups is 2. The van der Waals surface area contributed by atoms with Crippen molar-refractivity contribution in [2.45, 2.75) is 120 Å². The second-order valence-electron chi connectivity index (χ2n) is 23.1. The fraction of sp³-hybridized carbons (Fsp3) is 0.343. The van der Waals surface area contributed by atoms with Crippen molar-refractivity contribution in [1.82, 2.24) is 30.6 Å². The lowest BCUT2D eigenvalue weighted by molar-refractivity contribution is -0.141. The predicted molar refractivity (Wildman–Crippen MR) is 343 cm³/mol. The largest absolute Gasteiger partial charge is 0.469 e. The highest BCUT2D eigenvalue weighted by Gasteiger charge is 2.45. The average molecular weight is 1220 g/mol. The first-order valence-electron chi connectivity index (χ1n) is 29.9. The monoisotopic (exact) mass is 1220 g/mol. The van der Waals surface area contributed by atoms with Gasteiger partial charge in [0, 0.05) is 103 Å². The molecular weight excluding hydrogens is 1140 g/mol. The first-order valence-corrected chi connectivity index (χ1v) is 29.9. The summed E-state index contributed by atoms with van der Waals surface area (Å²) in [4.78, 5) is 127. The van der Waals surface area contributed by atoms with E-state index in [1.165, 1.54) is 28.4 Å². The fourth-order valence-corrected chi connectivity index (χ4v) is 12.7. The van der Waals surface area contributed by atoms with Gasteiger partial charge in [0.15, 0.2) is 0 Å². The Labute approximate surface area is 520 Å². The summed E-state index contributed by atoms with van der Waals surface area (Å²) in [5.74, 6) is -3.37. The highest BCUT2D eigenvalue weighted by atomic mass is 16.5. The molecular formula is C70H76N8O12. The van der Waals surface area contributed by atoms with Gasteiger partial charge in [-0.15, -0.1) is 0 Å². The van der Waals surface area contributed by atoms with Crippen molar-refractivity contribution in [2.24, 2.45) is 21.8 Å². The van der Waals surface area contributed by atoms with E-state index in [2.05, 4.69) is 53.7 Å². The zero-order chi connectivity index (χ0) is 65.2. The molecule has 0 unspecified atom stereocenters. The molecule has 4 aromatic heterocycles. The van der Waals surface area contributed by atoms with Gasteiger partial charge in [0.05, 0.1) is 51.3 Å². The predicted octanol–water partition coefficient (Wildman–Crippen LogP) is 6.14. The van der Waals surface area contributed by atoms with Crippen molar-refractivity contribution in [2.75, 3.05) is 28.4 Å². The van der Waals surface area contributed by atoms with Crippen LogP contribution in [-0.4, -0.2) is 107 Å². The van der Waals surface area contributed by atoms with Crippen molar-refractivity contribution in [3.63, 3.8) is 0 Å². The molecule has 1 fully saturated rings. The smallest absolute Gasteiger partial charge is 0.305 e. The minimum Gasteiger partial charge on any atom is -0.469 e. The quantitative estimate of drug-likeness (QED) is 0.0382. The van der Waals surface area contributed by atoms with Gasteiger partial charge in [-0.1, -0.05) is 25.3 Å². The molecule has 0 saturated heterocycles. The summed E-state index contributed by atoms with van der Waals surface area (Å²) in [5, 5.41) is 8.51. The van der Waals surface area contributed by atoms with Gasteiger partial charge < -0.3 is 49.5 Å². The van der Waals surface area contributed by atoms with Crippen molar-refractivity contribution in [3.8, 4) is 0 Å². The van der Waals surface area contributed by atoms with Crippen molar-refractivity contribution < 1.29 is 57.3 Å². The van der Waals surface area contributed by atoms with Crippen LogP contribution in [0.1, 0.15) is 134 Å². The molecule has 4 amide bonds. The maximum Gasteiger partial charge on any atom is 0.305 e. The van der Waals surface area contributed by atoms with E-state index in [1.54, 1.807) is 26.0 Å². The topological polar surface area (TPSA) is 285 Å². The van der Waals surface area contributed by atoms with Gasteiger partial charge in [-0.05, 0) is 198 Å². The molecule has 4 aromatic rings. The van der Waals surface area contributed by atoms with Crippen molar-refractivity contribution >= 4 is 95.4 Å². The third-order valence-electron chi connectivity index (χ3n) is 18.2. The Morgan fingerprint density at radius 2 is 0.767 bits per heavy atom. The van der Waals surface area contributed by atoms with Gasteiger partial charge >= 0.3 is 23.9 Å². The molecule has 0 radical (unpaired) electrons. The number of allylic oxidation sites excluding steroid dienone is 4. The number of aromatic amines is 4. The highest BCUT2D eigenvalue weighted by Crippen LogP contribution is 2.49. The molecule has 20 heteroatoms. The lowest BCUT2D eigenvalue weighted by atomic mass is 9.64. The SMILES string of the molecule is C=CC1=C(C)C(=O)N/C1=C\c1[nH]c(/C=c2\[nH]/c(=C/C3=NC(=O)C([C@@H]4CC[C@H]4C4=C(C)C(/C=c5\[nH]/c(=C/c6[nH]c(/C=C7\NC(=O)C(C)=C7C=C)c(C)c6CCC(=O)OC)c(CCC(=O)OC)c5C)=NC4=O)=C3C)c(C)c2CCC(=O)OC)c(CCC(=O)OC)c1C. The van der Waals surface area contributed by atoms with Crippen LogP contribution in [0.2, 0.25) is 0 Å². The molecule has 20 nitrogen and oxygen atoms in total. The zero-order valence-electron chi connectivity index (χ0n) is 53.1. The van der Waals surface area contributed by atoms with Crippen LogP contribution in [-0.2, 0) is 83.0 Å². The standard InChI is InChI=1S/C70H76N8O12/c1-15-41-37(7)67(83)77-55(41)29-51-35(5)45(21-25-63(81)89-13)59(73-51)31-57-43(19-23-61(79)87-11)33(3)49(71-57)27-53-39(9)65(69(85)75-53)47-17-18-48(47)66-40(10)54(76-70(66)86)28-50-34(4)44(20-24-62(80)88-12)58(72-50)32-60-46(22-26-64(82)90-14)36(6)52(74-60)30-56-42(16-2)38(8)68(84)78-56/h15-16,27-32,47-48,71-74H,1-2,17-26H2,3-14H3,(H,77,83)(H,78,84)/b49-27-,50-28+,55-29-,56-30-,57-31+,58-32-/t47-,48-/m1/s1. The van der Waals surface area contributed by atoms with Gasteiger partial charge in [0.1, 0.15) is 0 Å². The number of amides is 4. The Morgan fingerprint density at radius 1 is 0.433 bits per heavy atom. The summed E-state index contributed by atoms with van der Waals surface area (Å²) in [6, 6.07) is 0. The van der Waals surface area contributed by atoms with E-state index >= 15 is 0 Å². The number of nitrogens with one attached hydrogen (secondary N) is 6. The number of hydrogen-bond acceptors (Lipinski definition) is 12. The van der Waals surface area contributed by atoms with Crippen molar-refractivity contribution in [1.29, 1.82) is 0 Å². The number of carbonyl (C=O) groups excluding carboxylic acids is 8. The van der Waals surface area contributed by atoms with Crippen LogP contribution in [0.3, 0.4) is 0 Å². The third-order valence-corrected chi connectivity index (χ3v) is 18.2. The molecule has 6 N–H and O–H groups in total. The Bertz CT molecular complexity index is 4100. The Morgan fingerprint density at radius 3 is 1.08 bits per heavy atom. The molecule has 0 aromatic carbocycles. The number of methoxy groups -OCH3 is 4. The molecule has 2 atom stereocenters. The summed E-state index contributed by atoms with van der Waals surface area (Å²) in [6.45, 7) is 22.8. The first kappa shape index (κ1) is 64.5. The van der Waals surface area contributed by atoms with E-state index in [-0.39, 0.29) is 73.1 Å². The molecule has 8 heterocycles. The summed E-state index contributed by atoms with van der Waals surface area (Å²) in [7, 11) is 5.36. The van der Waals surface area contributed by atoms with Crippen LogP contribution in [0.4, 0.5) is 0 Å². The average Bonchev–Trinajstić information content (AvgIpc) is 1.61. The van der Waals surface area contributed by atoms with E-state index in [0.717, 1.165) is 44.5 Å². The molecule has 5 aliphatic rings. The molecule has 1 saturated carbocycles. The molecule has 468 valence electrons. The fourth-order valence-electron chi connectivity index (χ4n) is 12.7. The summed E-state index contributed by atoms with van der Waals surface area (Å²) in [5.41, 5.74) is 16.4.